The molecule has 0 saturated heterocycles. The first-order valence-corrected chi connectivity index (χ1v) is 11.0. The van der Waals surface area contributed by atoms with Crippen molar-refractivity contribution < 1.29 is 14.7 Å². The topological polar surface area (TPSA) is 92.4 Å². The molecule has 0 rings (SSSR count). The number of carboxylic acid groups (broad SMARTS) is 1. The third-order valence-corrected chi connectivity index (χ3v) is 4.75. The van der Waals surface area contributed by atoms with Gasteiger partial charge in [0.05, 0.1) is 0 Å². The zero-order chi connectivity index (χ0) is 20.2. The fourth-order valence-electron chi connectivity index (χ4n) is 3.05. The summed E-state index contributed by atoms with van der Waals surface area (Å²) >= 11 is 0. The second-order valence-electron chi connectivity index (χ2n) is 7.37. The Morgan fingerprint density at radius 3 is 1.93 bits per heavy atom. The molecule has 0 spiro atoms. The van der Waals surface area contributed by atoms with Crippen molar-refractivity contribution in [1.82, 2.24) is 5.32 Å². The van der Waals surface area contributed by atoms with Crippen LogP contribution in [0.2, 0.25) is 0 Å². The van der Waals surface area contributed by atoms with Gasteiger partial charge >= 0.3 is 5.97 Å². The van der Waals surface area contributed by atoms with Crippen LogP contribution in [0.5, 0.6) is 0 Å². The van der Waals surface area contributed by atoms with Crippen LogP contribution in [-0.4, -0.2) is 29.6 Å². The lowest BCUT2D eigenvalue weighted by molar-refractivity contribution is -0.142. The van der Waals surface area contributed by atoms with Crippen LogP contribution in [0.3, 0.4) is 0 Å². The minimum Gasteiger partial charge on any atom is -0.480 e. The van der Waals surface area contributed by atoms with E-state index in [1.165, 1.54) is 57.8 Å². The van der Waals surface area contributed by atoms with Crippen molar-refractivity contribution >= 4 is 11.9 Å². The monoisotopic (exact) mass is 382 g/mol. The van der Waals surface area contributed by atoms with Crippen LogP contribution in [0, 0.1) is 0 Å². The Kier molecular flexibility index (Phi) is 18.4. The van der Waals surface area contributed by atoms with Gasteiger partial charge in [-0.15, -0.1) is 0 Å². The largest absolute Gasteiger partial charge is 0.480 e. The quantitative estimate of drug-likeness (QED) is 0.218. The number of carbonyl (C=O) groups is 2. The first-order chi connectivity index (χ1) is 13.1. The van der Waals surface area contributed by atoms with Crippen LogP contribution in [0.25, 0.3) is 0 Å². The van der Waals surface area contributed by atoms with Gasteiger partial charge in [0.1, 0.15) is 6.04 Å². The summed E-state index contributed by atoms with van der Waals surface area (Å²) in [4.78, 5) is 22.7. The lowest BCUT2D eigenvalue weighted by atomic mass is 10.1. The van der Waals surface area contributed by atoms with Crippen molar-refractivity contribution in [2.75, 3.05) is 6.54 Å². The normalized spacial score (nSPS) is 12.4. The highest BCUT2D eigenvalue weighted by atomic mass is 16.4. The maximum Gasteiger partial charge on any atom is 0.326 e. The molecule has 0 radical (unpaired) electrons. The van der Waals surface area contributed by atoms with E-state index in [1.54, 1.807) is 0 Å². The summed E-state index contributed by atoms with van der Waals surface area (Å²) in [5.74, 6) is -1.20. The van der Waals surface area contributed by atoms with E-state index in [-0.39, 0.29) is 18.9 Å². The number of hydrogen-bond donors (Lipinski definition) is 3. The predicted octanol–water partition coefficient (Wildman–Crippen LogP) is 4.94. The highest BCUT2D eigenvalue weighted by molar-refractivity contribution is 5.83. The molecule has 0 aromatic carbocycles. The minimum atomic E-state index is -1.02. The fraction of sp³-hybridized carbons (Fsp3) is 0.818. The molecule has 5 nitrogen and oxygen atoms in total. The summed E-state index contributed by atoms with van der Waals surface area (Å²) in [5, 5.41) is 11.5. The summed E-state index contributed by atoms with van der Waals surface area (Å²) in [5.41, 5.74) is 5.36. The lowest BCUT2D eigenvalue weighted by Crippen LogP contribution is -2.41. The summed E-state index contributed by atoms with van der Waals surface area (Å²) in [6.45, 7) is 2.51. The van der Waals surface area contributed by atoms with Crippen LogP contribution in [0.4, 0.5) is 0 Å². The van der Waals surface area contributed by atoms with Crippen LogP contribution >= 0.6 is 0 Å². The van der Waals surface area contributed by atoms with Gasteiger partial charge in [-0.25, -0.2) is 4.79 Å². The number of hydrogen-bond acceptors (Lipinski definition) is 3. The Bertz CT molecular complexity index is 397. The molecule has 5 heteroatoms. The van der Waals surface area contributed by atoms with Crippen LogP contribution < -0.4 is 11.1 Å². The first kappa shape index (κ1) is 25.6. The van der Waals surface area contributed by atoms with Gasteiger partial charge in [-0.2, -0.15) is 0 Å². The molecule has 1 amide bonds. The third kappa shape index (κ3) is 17.8. The molecular formula is C22H42N2O3. The Balaban J connectivity index is 3.42. The minimum absolute atomic E-state index is 0.187. The van der Waals surface area contributed by atoms with Crippen LogP contribution in [0.1, 0.15) is 103 Å². The van der Waals surface area contributed by atoms with E-state index < -0.39 is 12.0 Å². The Morgan fingerprint density at radius 1 is 0.889 bits per heavy atom. The number of nitrogens with one attached hydrogen (secondary N) is 1. The molecule has 0 aliphatic rings. The standard InChI is InChI=1S/C22H42N2O3/c1-2-3-4-5-6-7-8-9-10-11-12-13-14-15-16-17-21(25)24-20(18-19-23)22(26)27/h9-10,20H,2-8,11-19,23H2,1H3,(H,24,25)(H,26,27)/b10-9-/t20-/m0/s1. The van der Waals surface area contributed by atoms with Crippen LogP contribution in [0.15, 0.2) is 12.2 Å². The summed E-state index contributed by atoms with van der Waals surface area (Å²) in [7, 11) is 0. The van der Waals surface area contributed by atoms with Crippen molar-refractivity contribution in [3.8, 4) is 0 Å². The van der Waals surface area contributed by atoms with E-state index in [1.807, 2.05) is 0 Å². The van der Waals surface area contributed by atoms with E-state index in [0.29, 0.717) is 6.42 Å². The van der Waals surface area contributed by atoms with Gasteiger partial charge < -0.3 is 16.2 Å². The number of aliphatic carboxylic acids is 1. The van der Waals surface area contributed by atoms with E-state index in [4.69, 9.17) is 10.8 Å². The Morgan fingerprint density at radius 2 is 1.41 bits per heavy atom. The molecule has 158 valence electrons. The SMILES string of the molecule is CCCCCCCC/C=C\CCCCCCCC(=O)N[C@@H](CCN)C(=O)O. The highest BCUT2D eigenvalue weighted by Crippen LogP contribution is 2.10. The second kappa shape index (κ2) is 19.4. The summed E-state index contributed by atoms with van der Waals surface area (Å²) < 4.78 is 0. The third-order valence-electron chi connectivity index (χ3n) is 4.75. The molecule has 0 bridgehead atoms. The average Bonchev–Trinajstić information content (AvgIpc) is 2.64. The number of nitrogens with two attached hydrogens (primary N) is 1. The zero-order valence-electron chi connectivity index (χ0n) is 17.4. The van der Waals surface area contributed by atoms with E-state index in [2.05, 4.69) is 24.4 Å². The molecule has 0 unspecified atom stereocenters. The second-order valence-corrected chi connectivity index (χ2v) is 7.37. The average molecular weight is 383 g/mol. The van der Waals surface area contributed by atoms with Gasteiger partial charge in [0.2, 0.25) is 5.91 Å². The maximum absolute atomic E-state index is 11.7. The van der Waals surface area contributed by atoms with Gasteiger partial charge in [0, 0.05) is 6.42 Å². The molecule has 0 aromatic heterocycles. The number of amides is 1. The van der Waals surface area contributed by atoms with E-state index >= 15 is 0 Å². The van der Waals surface area contributed by atoms with Crippen molar-refractivity contribution in [2.45, 2.75) is 109 Å². The van der Waals surface area contributed by atoms with Gasteiger partial charge in [-0.3, -0.25) is 4.79 Å². The smallest absolute Gasteiger partial charge is 0.326 e. The Hall–Kier alpha value is -1.36. The van der Waals surface area contributed by atoms with E-state index in [9.17, 15) is 9.59 Å². The van der Waals surface area contributed by atoms with Crippen molar-refractivity contribution in [3.63, 3.8) is 0 Å². The molecule has 27 heavy (non-hydrogen) atoms. The van der Waals surface area contributed by atoms with Gasteiger partial charge in [0.15, 0.2) is 0 Å². The number of carboxylic acids is 1. The van der Waals surface area contributed by atoms with Gasteiger partial charge in [-0.05, 0) is 45.1 Å². The molecular weight excluding hydrogens is 340 g/mol. The fourth-order valence-corrected chi connectivity index (χ4v) is 3.05. The number of allylic oxidation sites excluding steroid dienone is 2. The first-order valence-electron chi connectivity index (χ1n) is 11.0. The molecule has 0 aromatic rings. The maximum atomic E-state index is 11.7. The molecule has 0 heterocycles. The van der Waals surface area contributed by atoms with Gasteiger partial charge in [0.25, 0.3) is 0 Å². The molecule has 0 saturated carbocycles. The molecule has 1 atom stereocenters. The number of carbonyl (C=O) groups excluding carboxylic acids is 1. The van der Waals surface area contributed by atoms with Crippen LogP contribution in [-0.2, 0) is 9.59 Å². The van der Waals surface area contributed by atoms with E-state index in [0.717, 1.165) is 25.7 Å². The lowest BCUT2D eigenvalue weighted by Gasteiger charge is -2.13. The summed E-state index contributed by atoms with van der Waals surface area (Å²) in [6.07, 6.45) is 21.1. The summed E-state index contributed by atoms with van der Waals surface area (Å²) in [6, 6.07) is -0.856. The predicted molar refractivity (Wildman–Crippen MR) is 113 cm³/mol. The Labute approximate surface area is 166 Å². The molecule has 4 N–H and O–H groups in total. The van der Waals surface area contributed by atoms with Crippen molar-refractivity contribution in [3.05, 3.63) is 12.2 Å². The molecule has 0 aliphatic carbocycles. The van der Waals surface area contributed by atoms with Crippen molar-refractivity contribution in [2.24, 2.45) is 5.73 Å². The van der Waals surface area contributed by atoms with Gasteiger partial charge in [-0.1, -0.05) is 70.4 Å². The molecule has 0 fully saturated rings. The molecule has 0 aliphatic heterocycles. The number of rotatable bonds is 19. The number of unbranched alkanes of at least 4 members (excludes halogenated alkanes) is 11. The highest BCUT2D eigenvalue weighted by Gasteiger charge is 2.18. The zero-order valence-corrected chi connectivity index (χ0v) is 17.4. The van der Waals surface area contributed by atoms with Crippen molar-refractivity contribution in [1.29, 1.82) is 0 Å².